The second kappa shape index (κ2) is 3.90. The molecular formula is C11H13NO3. The molecule has 0 amide bonds. The van der Waals surface area contributed by atoms with Crippen LogP contribution in [0.3, 0.4) is 0 Å². The summed E-state index contributed by atoms with van der Waals surface area (Å²) in [7, 11) is 0. The standard InChI is InChI=1S/C11H13NO3/c13-9-3-1-8-6-12-10(11(14)15)4-2-7(8)5-9/h1,3,5,10,12-13H,2,4,6H2,(H,14,15). The van der Waals surface area contributed by atoms with E-state index in [0.29, 0.717) is 19.4 Å². The van der Waals surface area contributed by atoms with Crippen LogP contribution < -0.4 is 5.32 Å². The number of hydrogen-bond donors (Lipinski definition) is 3. The zero-order valence-electron chi connectivity index (χ0n) is 8.23. The third kappa shape index (κ3) is 2.10. The van der Waals surface area contributed by atoms with Crippen LogP contribution in [0.15, 0.2) is 18.2 Å². The number of fused-ring (bicyclic) bond motifs is 1. The maximum absolute atomic E-state index is 10.8. The van der Waals surface area contributed by atoms with Gasteiger partial charge in [0.1, 0.15) is 11.8 Å². The van der Waals surface area contributed by atoms with Crippen LogP contribution in [0.25, 0.3) is 0 Å². The fraction of sp³-hybridized carbons (Fsp3) is 0.364. The van der Waals surface area contributed by atoms with Gasteiger partial charge in [0.25, 0.3) is 0 Å². The van der Waals surface area contributed by atoms with Gasteiger partial charge in [0.2, 0.25) is 0 Å². The summed E-state index contributed by atoms with van der Waals surface area (Å²) in [6, 6.07) is 4.68. The van der Waals surface area contributed by atoms with Crippen LogP contribution in [0.5, 0.6) is 5.75 Å². The molecule has 1 heterocycles. The fourth-order valence-corrected chi connectivity index (χ4v) is 1.86. The molecule has 4 heteroatoms. The highest BCUT2D eigenvalue weighted by molar-refractivity contribution is 5.73. The summed E-state index contributed by atoms with van der Waals surface area (Å²) in [4.78, 5) is 10.8. The zero-order valence-corrected chi connectivity index (χ0v) is 8.23. The highest BCUT2D eigenvalue weighted by Crippen LogP contribution is 2.21. The minimum atomic E-state index is -0.813. The first-order valence-electron chi connectivity index (χ1n) is 4.94. The molecule has 0 saturated carbocycles. The van der Waals surface area contributed by atoms with E-state index in [2.05, 4.69) is 5.32 Å². The van der Waals surface area contributed by atoms with Crippen molar-refractivity contribution in [3.63, 3.8) is 0 Å². The van der Waals surface area contributed by atoms with Crippen molar-refractivity contribution >= 4 is 5.97 Å². The third-order valence-corrected chi connectivity index (χ3v) is 2.73. The molecule has 0 fully saturated rings. The molecule has 15 heavy (non-hydrogen) atoms. The maximum atomic E-state index is 10.8. The van der Waals surface area contributed by atoms with Crippen molar-refractivity contribution in [1.82, 2.24) is 5.32 Å². The molecule has 4 nitrogen and oxygen atoms in total. The topological polar surface area (TPSA) is 69.6 Å². The van der Waals surface area contributed by atoms with E-state index in [1.807, 2.05) is 6.07 Å². The SMILES string of the molecule is O=C(O)C1CCc2cc(O)ccc2CN1. The average molecular weight is 207 g/mol. The average Bonchev–Trinajstić information content (AvgIpc) is 2.39. The number of nitrogens with one attached hydrogen (secondary N) is 1. The number of phenolic OH excluding ortho intramolecular Hbond substituents is 1. The van der Waals surface area contributed by atoms with E-state index in [0.717, 1.165) is 11.1 Å². The van der Waals surface area contributed by atoms with Gasteiger partial charge in [-0.1, -0.05) is 6.07 Å². The van der Waals surface area contributed by atoms with Crippen LogP contribution in [0, 0.1) is 0 Å². The van der Waals surface area contributed by atoms with E-state index in [1.54, 1.807) is 12.1 Å². The lowest BCUT2D eigenvalue weighted by molar-refractivity contribution is -0.139. The van der Waals surface area contributed by atoms with E-state index in [9.17, 15) is 9.90 Å². The number of aromatic hydroxyl groups is 1. The molecule has 0 aromatic heterocycles. The number of hydrogen-bond acceptors (Lipinski definition) is 3. The van der Waals surface area contributed by atoms with Crippen molar-refractivity contribution < 1.29 is 15.0 Å². The Morgan fingerprint density at radius 3 is 2.93 bits per heavy atom. The molecule has 1 aliphatic rings. The van der Waals surface area contributed by atoms with Crippen molar-refractivity contribution in [2.45, 2.75) is 25.4 Å². The first kappa shape index (κ1) is 9.98. The van der Waals surface area contributed by atoms with Gasteiger partial charge >= 0.3 is 5.97 Å². The number of phenols is 1. The van der Waals surface area contributed by atoms with Crippen LogP contribution in [-0.2, 0) is 17.8 Å². The lowest BCUT2D eigenvalue weighted by Crippen LogP contribution is -2.35. The third-order valence-electron chi connectivity index (χ3n) is 2.73. The van der Waals surface area contributed by atoms with Crippen molar-refractivity contribution in [2.24, 2.45) is 0 Å². The molecule has 0 bridgehead atoms. The van der Waals surface area contributed by atoms with E-state index in [-0.39, 0.29) is 5.75 Å². The minimum absolute atomic E-state index is 0.238. The molecule has 1 aliphatic heterocycles. The monoisotopic (exact) mass is 207 g/mol. The Labute approximate surface area is 87.6 Å². The lowest BCUT2D eigenvalue weighted by Gasteiger charge is -2.08. The normalized spacial score (nSPS) is 20.4. The molecule has 1 atom stereocenters. The van der Waals surface area contributed by atoms with E-state index in [1.165, 1.54) is 0 Å². The molecule has 3 N–H and O–H groups in total. The Balaban J connectivity index is 2.21. The van der Waals surface area contributed by atoms with Crippen LogP contribution >= 0.6 is 0 Å². The Kier molecular flexibility index (Phi) is 2.60. The molecular weight excluding hydrogens is 194 g/mol. The number of carbonyl (C=O) groups is 1. The van der Waals surface area contributed by atoms with Crippen molar-refractivity contribution in [2.75, 3.05) is 0 Å². The Morgan fingerprint density at radius 2 is 2.20 bits per heavy atom. The summed E-state index contributed by atoms with van der Waals surface area (Å²) in [6.07, 6.45) is 1.25. The van der Waals surface area contributed by atoms with Gasteiger partial charge in [-0.25, -0.2) is 0 Å². The summed E-state index contributed by atoms with van der Waals surface area (Å²) >= 11 is 0. The number of benzene rings is 1. The largest absolute Gasteiger partial charge is 0.508 e. The van der Waals surface area contributed by atoms with Gasteiger partial charge in [-0.2, -0.15) is 0 Å². The van der Waals surface area contributed by atoms with Crippen LogP contribution in [0.2, 0.25) is 0 Å². The Hall–Kier alpha value is -1.55. The molecule has 0 aliphatic carbocycles. The van der Waals surface area contributed by atoms with Crippen LogP contribution in [0.1, 0.15) is 17.5 Å². The van der Waals surface area contributed by atoms with Crippen LogP contribution in [0.4, 0.5) is 0 Å². The Morgan fingerprint density at radius 1 is 1.40 bits per heavy atom. The van der Waals surface area contributed by atoms with Crippen molar-refractivity contribution in [3.8, 4) is 5.75 Å². The molecule has 1 aromatic rings. The molecule has 1 unspecified atom stereocenters. The highest BCUT2D eigenvalue weighted by Gasteiger charge is 2.20. The van der Waals surface area contributed by atoms with Gasteiger partial charge in [-0.15, -0.1) is 0 Å². The zero-order chi connectivity index (χ0) is 10.8. The number of carboxylic acid groups (broad SMARTS) is 1. The van der Waals surface area contributed by atoms with Gasteiger partial charge in [-0.3, -0.25) is 4.79 Å². The molecule has 1 aromatic carbocycles. The van der Waals surface area contributed by atoms with E-state index >= 15 is 0 Å². The van der Waals surface area contributed by atoms with Gasteiger partial charge in [-0.05, 0) is 36.1 Å². The quantitative estimate of drug-likeness (QED) is 0.639. The summed E-state index contributed by atoms with van der Waals surface area (Å²) in [5.74, 6) is -0.574. The molecule has 80 valence electrons. The first-order valence-corrected chi connectivity index (χ1v) is 4.94. The number of carboxylic acids is 1. The predicted molar refractivity (Wildman–Crippen MR) is 54.7 cm³/mol. The lowest BCUT2D eigenvalue weighted by atomic mass is 10.0. The van der Waals surface area contributed by atoms with E-state index in [4.69, 9.17) is 5.11 Å². The maximum Gasteiger partial charge on any atom is 0.320 e. The van der Waals surface area contributed by atoms with E-state index < -0.39 is 12.0 Å². The number of rotatable bonds is 1. The van der Waals surface area contributed by atoms with Crippen molar-refractivity contribution in [3.05, 3.63) is 29.3 Å². The molecule has 2 rings (SSSR count). The molecule has 0 saturated heterocycles. The van der Waals surface area contributed by atoms with Gasteiger partial charge in [0, 0.05) is 6.54 Å². The fourth-order valence-electron chi connectivity index (χ4n) is 1.86. The summed E-state index contributed by atoms with van der Waals surface area (Å²) in [6.45, 7) is 0.548. The molecule has 0 radical (unpaired) electrons. The molecule has 0 spiro atoms. The second-order valence-electron chi connectivity index (χ2n) is 3.76. The smallest absolute Gasteiger partial charge is 0.320 e. The second-order valence-corrected chi connectivity index (χ2v) is 3.76. The number of aryl methyl sites for hydroxylation is 1. The predicted octanol–water partition coefficient (Wildman–Crippen LogP) is 0.881. The Bertz CT molecular complexity index is 389. The van der Waals surface area contributed by atoms with Gasteiger partial charge in [0.05, 0.1) is 0 Å². The first-order chi connectivity index (χ1) is 7.16. The van der Waals surface area contributed by atoms with Crippen LogP contribution in [-0.4, -0.2) is 22.2 Å². The summed E-state index contributed by atoms with van der Waals surface area (Å²) < 4.78 is 0. The minimum Gasteiger partial charge on any atom is -0.508 e. The van der Waals surface area contributed by atoms with Gasteiger partial charge < -0.3 is 15.5 Å². The summed E-state index contributed by atoms with van der Waals surface area (Å²) in [5, 5.41) is 21.2. The summed E-state index contributed by atoms with van der Waals surface area (Å²) in [5.41, 5.74) is 2.10. The van der Waals surface area contributed by atoms with Gasteiger partial charge in [0.15, 0.2) is 0 Å². The number of aliphatic carboxylic acids is 1. The van der Waals surface area contributed by atoms with Crippen molar-refractivity contribution in [1.29, 1.82) is 0 Å². The highest BCUT2D eigenvalue weighted by atomic mass is 16.4.